The first kappa shape index (κ1) is 10.4. The molecule has 1 nitrogen and oxygen atoms in total. The highest BCUT2D eigenvalue weighted by atomic mass is 32.1. The monoisotopic (exact) mass is 218 g/mol. The Labute approximate surface area is 94.7 Å². The summed E-state index contributed by atoms with van der Waals surface area (Å²) in [5, 5.41) is 1.31. The standard InChI is InChI=1S/C13H16NS/c1-10(2)8-9-13-14(3)11-6-4-5-7-12(11)15-13/h4-10H,1-3H3/q+1/b9-8+. The summed E-state index contributed by atoms with van der Waals surface area (Å²) in [5.74, 6) is 0.607. The van der Waals surface area contributed by atoms with Gasteiger partial charge in [-0.15, -0.1) is 0 Å². The first-order valence-corrected chi connectivity index (χ1v) is 6.06. The van der Waals surface area contributed by atoms with Crippen LogP contribution in [-0.4, -0.2) is 0 Å². The lowest BCUT2D eigenvalue weighted by Crippen LogP contribution is -2.28. The van der Waals surface area contributed by atoms with E-state index in [9.17, 15) is 0 Å². The number of benzene rings is 1. The van der Waals surface area contributed by atoms with Crippen LogP contribution in [0.2, 0.25) is 0 Å². The van der Waals surface area contributed by atoms with Gasteiger partial charge in [-0.3, -0.25) is 0 Å². The number of rotatable bonds is 2. The van der Waals surface area contributed by atoms with Crippen LogP contribution < -0.4 is 4.57 Å². The fraction of sp³-hybridized carbons (Fsp3) is 0.308. The van der Waals surface area contributed by atoms with Gasteiger partial charge in [-0.05, 0) is 12.0 Å². The number of nitrogens with zero attached hydrogens (tertiary/aromatic N) is 1. The van der Waals surface area contributed by atoms with Crippen molar-refractivity contribution in [3.8, 4) is 0 Å². The molecule has 0 bridgehead atoms. The number of fused-ring (bicyclic) bond motifs is 1. The molecule has 2 heteroatoms. The van der Waals surface area contributed by atoms with Gasteiger partial charge in [0.15, 0.2) is 0 Å². The van der Waals surface area contributed by atoms with Crippen LogP contribution in [0.15, 0.2) is 30.3 Å². The molecule has 0 radical (unpaired) electrons. The molecule has 0 amide bonds. The smallest absolute Gasteiger partial charge is 0.185 e. The molecule has 0 fully saturated rings. The molecule has 0 aliphatic heterocycles. The number of hydrogen-bond donors (Lipinski definition) is 0. The molecule has 1 heterocycles. The Hall–Kier alpha value is -1.15. The van der Waals surface area contributed by atoms with Crippen molar-refractivity contribution in [3.63, 3.8) is 0 Å². The molecular formula is C13H16NS+. The van der Waals surface area contributed by atoms with Crippen molar-refractivity contribution in [1.82, 2.24) is 0 Å². The van der Waals surface area contributed by atoms with Crippen molar-refractivity contribution in [2.24, 2.45) is 13.0 Å². The van der Waals surface area contributed by atoms with Crippen LogP contribution >= 0.6 is 11.3 Å². The quantitative estimate of drug-likeness (QED) is 0.680. The summed E-state index contributed by atoms with van der Waals surface area (Å²) in [4.78, 5) is 0. The molecule has 2 rings (SSSR count). The number of aryl methyl sites for hydroxylation is 1. The van der Waals surface area contributed by atoms with Crippen molar-refractivity contribution in [1.29, 1.82) is 0 Å². The molecule has 15 heavy (non-hydrogen) atoms. The SMILES string of the molecule is CC(C)/C=C/c1sc2ccccc2[n+]1C. The minimum atomic E-state index is 0.607. The maximum absolute atomic E-state index is 2.25. The summed E-state index contributed by atoms with van der Waals surface area (Å²) in [6, 6.07) is 8.52. The second-order valence-electron chi connectivity index (χ2n) is 4.07. The van der Waals surface area contributed by atoms with Crippen LogP contribution in [0.25, 0.3) is 16.3 Å². The van der Waals surface area contributed by atoms with Crippen LogP contribution in [0.3, 0.4) is 0 Å². The van der Waals surface area contributed by atoms with Gasteiger partial charge in [0.1, 0.15) is 11.7 Å². The molecule has 0 saturated carbocycles. The summed E-state index contributed by atoms with van der Waals surface area (Å²) in [5.41, 5.74) is 1.31. The highest BCUT2D eigenvalue weighted by Crippen LogP contribution is 2.20. The first-order chi connectivity index (χ1) is 7.18. The average molecular weight is 218 g/mol. The number of thiazole rings is 1. The number of hydrogen-bond acceptors (Lipinski definition) is 1. The lowest BCUT2D eigenvalue weighted by atomic mass is 10.2. The van der Waals surface area contributed by atoms with E-state index < -0.39 is 0 Å². The summed E-state index contributed by atoms with van der Waals surface area (Å²) in [6.45, 7) is 4.40. The normalized spacial score (nSPS) is 12.0. The van der Waals surface area contributed by atoms with E-state index in [1.165, 1.54) is 15.2 Å². The maximum Gasteiger partial charge on any atom is 0.262 e. The van der Waals surface area contributed by atoms with Crippen LogP contribution in [0.5, 0.6) is 0 Å². The van der Waals surface area contributed by atoms with E-state index in [0.717, 1.165) is 0 Å². The second kappa shape index (κ2) is 4.15. The van der Waals surface area contributed by atoms with Gasteiger partial charge < -0.3 is 0 Å². The van der Waals surface area contributed by atoms with E-state index in [4.69, 9.17) is 0 Å². The highest BCUT2D eigenvalue weighted by molar-refractivity contribution is 7.18. The molecular weight excluding hydrogens is 202 g/mol. The predicted octanol–water partition coefficient (Wildman–Crippen LogP) is 3.40. The molecule has 0 unspecified atom stereocenters. The minimum Gasteiger partial charge on any atom is -0.185 e. The molecule has 78 valence electrons. The van der Waals surface area contributed by atoms with Gasteiger partial charge in [-0.1, -0.05) is 43.4 Å². The van der Waals surface area contributed by atoms with Gasteiger partial charge in [-0.25, -0.2) is 0 Å². The molecule has 0 spiro atoms. The molecule has 1 aromatic heterocycles. The van der Waals surface area contributed by atoms with Crippen molar-refractivity contribution in [2.45, 2.75) is 13.8 Å². The molecule has 2 aromatic rings. The van der Waals surface area contributed by atoms with Crippen molar-refractivity contribution in [2.75, 3.05) is 0 Å². The summed E-state index contributed by atoms with van der Waals surface area (Å²) >= 11 is 1.84. The van der Waals surface area contributed by atoms with Crippen molar-refractivity contribution in [3.05, 3.63) is 35.3 Å². The molecule has 1 aromatic carbocycles. The summed E-state index contributed by atoms with van der Waals surface area (Å²) in [7, 11) is 2.12. The third-order valence-electron chi connectivity index (χ3n) is 2.40. The van der Waals surface area contributed by atoms with Crippen LogP contribution in [-0.2, 0) is 7.05 Å². The Morgan fingerprint density at radius 3 is 2.67 bits per heavy atom. The largest absolute Gasteiger partial charge is 0.262 e. The Morgan fingerprint density at radius 1 is 1.27 bits per heavy atom. The molecule has 0 saturated heterocycles. The van der Waals surface area contributed by atoms with E-state index >= 15 is 0 Å². The number of para-hydroxylation sites is 1. The number of aromatic nitrogens is 1. The van der Waals surface area contributed by atoms with E-state index in [1.807, 2.05) is 11.3 Å². The summed E-state index contributed by atoms with van der Waals surface area (Å²) in [6.07, 6.45) is 4.46. The molecule has 0 aliphatic rings. The fourth-order valence-corrected chi connectivity index (χ4v) is 2.60. The van der Waals surface area contributed by atoms with Crippen LogP contribution in [0.4, 0.5) is 0 Å². The molecule has 0 N–H and O–H groups in total. The molecule has 0 atom stereocenters. The molecule has 0 aliphatic carbocycles. The third-order valence-corrected chi connectivity index (χ3v) is 3.58. The second-order valence-corrected chi connectivity index (χ2v) is 5.13. The van der Waals surface area contributed by atoms with E-state index in [2.05, 4.69) is 61.9 Å². The van der Waals surface area contributed by atoms with E-state index in [0.29, 0.717) is 5.92 Å². The zero-order valence-corrected chi connectivity index (χ0v) is 10.2. The first-order valence-electron chi connectivity index (χ1n) is 5.24. The Bertz CT molecular complexity index is 494. The van der Waals surface area contributed by atoms with Crippen molar-refractivity contribution >= 4 is 27.6 Å². The zero-order valence-electron chi connectivity index (χ0n) is 9.40. The topological polar surface area (TPSA) is 3.88 Å². The van der Waals surface area contributed by atoms with E-state index in [-0.39, 0.29) is 0 Å². The van der Waals surface area contributed by atoms with Crippen LogP contribution in [0, 0.1) is 5.92 Å². The fourth-order valence-electron chi connectivity index (χ4n) is 1.54. The van der Waals surface area contributed by atoms with Crippen LogP contribution in [0.1, 0.15) is 18.9 Å². The lowest BCUT2D eigenvalue weighted by Gasteiger charge is -1.90. The minimum absolute atomic E-state index is 0.607. The Kier molecular flexibility index (Phi) is 2.87. The van der Waals surface area contributed by atoms with Gasteiger partial charge in [0.05, 0.1) is 0 Å². The van der Waals surface area contributed by atoms with Crippen molar-refractivity contribution < 1.29 is 4.57 Å². The van der Waals surface area contributed by atoms with Gasteiger partial charge >= 0.3 is 0 Å². The highest BCUT2D eigenvalue weighted by Gasteiger charge is 2.12. The zero-order chi connectivity index (χ0) is 10.8. The van der Waals surface area contributed by atoms with E-state index in [1.54, 1.807) is 0 Å². The Balaban J connectivity index is 2.49. The summed E-state index contributed by atoms with van der Waals surface area (Å²) < 4.78 is 3.60. The Morgan fingerprint density at radius 2 is 2.00 bits per heavy atom. The van der Waals surface area contributed by atoms with Gasteiger partial charge in [0, 0.05) is 12.1 Å². The average Bonchev–Trinajstić information content (AvgIpc) is 2.54. The third kappa shape index (κ3) is 2.10. The maximum atomic E-state index is 2.25. The predicted molar refractivity (Wildman–Crippen MR) is 66.9 cm³/mol. The van der Waals surface area contributed by atoms with Gasteiger partial charge in [-0.2, -0.15) is 4.57 Å². The lowest BCUT2D eigenvalue weighted by molar-refractivity contribution is -0.642. The van der Waals surface area contributed by atoms with Gasteiger partial charge in [0.25, 0.3) is 5.01 Å². The van der Waals surface area contributed by atoms with Gasteiger partial charge in [0.2, 0.25) is 5.52 Å². The number of allylic oxidation sites excluding steroid dienone is 1.